The van der Waals surface area contributed by atoms with Crippen molar-refractivity contribution in [1.82, 2.24) is 0 Å². The first-order valence-corrected chi connectivity index (χ1v) is 6.94. The van der Waals surface area contributed by atoms with Gasteiger partial charge in [0, 0.05) is 0 Å². The van der Waals surface area contributed by atoms with Crippen LogP contribution >= 0.6 is 46.4 Å². The third-order valence-electron chi connectivity index (χ3n) is 1.92. The van der Waals surface area contributed by atoms with E-state index < -0.39 is 15.0 Å². The first kappa shape index (κ1) is 18.3. The van der Waals surface area contributed by atoms with Crippen LogP contribution in [0, 0.1) is 0 Å². The number of benzene rings is 1. The number of hydrogen-bond donors (Lipinski definition) is 0. The Morgan fingerprint density at radius 3 is 1.59 bits per heavy atom. The second-order valence-corrected chi connectivity index (χ2v) is 5.70. The van der Waals surface area contributed by atoms with Crippen LogP contribution in [-0.2, 0) is 16.5 Å². The van der Waals surface area contributed by atoms with Crippen molar-refractivity contribution in [1.29, 1.82) is 0 Å². The third-order valence-corrected chi connectivity index (χ3v) is 4.83. The summed E-state index contributed by atoms with van der Waals surface area (Å²) in [6.45, 7) is 1.74. The number of halogens is 4. The van der Waals surface area contributed by atoms with Crippen molar-refractivity contribution >= 4 is 56.5 Å². The Balaban J connectivity index is 0.00000256. The molecule has 0 aromatic heterocycles. The fraction of sp³-hybridized carbons (Fsp3) is 0.250. The van der Waals surface area contributed by atoms with Gasteiger partial charge in [-0.2, -0.15) is 0 Å². The van der Waals surface area contributed by atoms with Crippen LogP contribution in [-0.4, -0.2) is 13.0 Å². The summed E-state index contributed by atoms with van der Waals surface area (Å²) in [5.41, 5.74) is 0.408. The van der Waals surface area contributed by atoms with E-state index in [1.807, 2.05) is 0 Å². The molecule has 0 aliphatic carbocycles. The van der Waals surface area contributed by atoms with Crippen molar-refractivity contribution in [2.75, 3.05) is 0 Å². The second kappa shape index (κ2) is 6.64. The molecule has 1 aromatic carbocycles. The molecule has 3 nitrogen and oxygen atoms in total. The molecular formula is C8H5Cl4NaO3S. The Morgan fingerprint density at radius 1 is 1.00 bits per heavy atom. The van der Waals surface area contributed by atoms with Gasteiger partial charge in [-0.3, -0.25) is 0 Å². The zero-order chi connectivity index (χ0) is 12.7. The zero-order valence-electron chi connectivity index (χ0n) is 8.85. The van der Waals surface area contributed by atoms with Crippen molar-refractivity contribution in [2.24, 2.45) is 0 Å². The molecule has 0 heterocycles. The van der Waals surface area contributed by atoms with Gasteiger partial charge in [0.2, 0.25) is 0 Å². The number of rotatable bonds is 2. The number of hydrogen-bond acceptors (Lipinski definition) is 3. The van der Waals surface area contributed by atoms with E-state index in [0.29, 0.717) is 12.0 Å². The molecule has 0 radical (unpaired) electrons. The van der Waals surface area contributed by atoms with Crippen molar-refractivity contribution in [3.8, 4) is 0 Å². The van der Waals surface area contributed by atoms with Crippen molar-refractivity contribution < 1.29 is 42.5 Å². The largest absolute Gasteiger partial charge is 1.00 e. The molecule has 90 valence electrons. The fourth-order valence-corrected chi connectivity index (χ4v) is 3.67. The molecule has 0 amide bonds. The SMILES string of the molecule is CCc1c(Cl)c(Cl)c(S(=O)(=O)[O-])c(Cl)c1Cl.[Na+]. The molecule has 0 aliphatic rings. The van der Waals surface area contributed by atoms with E-state index in [1.165, 1.54) is 0 Å². The predicted octanol–water partition coefficient (Wildman–Crippen LogP) is 0.771. The van der Waals surface area contributed by atoms with Gasteiger partial charge in [-0.25, -0.2) is 8.42 Å². The Kier molecular flexibility index (Phi) is 7.14. The summed E-state index contributed by atoms with van der Waals surface area (Å²) in [7, 11) is -4.82. The minimum Gasteiger partial charge on any atom is -0.744 e. The maximum atomic E-state index is 10.9. The molecule has 0 bridgehead atoms. The maximum Gasteiger partial charge on any atom is 1.00 e. The van der Waals surface area contributed by atoms with Crippen LogP contribution in [0.15, 0.2) is 4.90 Å². The molecule has 0 saturated heterocycles. The molecule has 0 saturated carbocycles. The van der Waals surface area contributed by atoms with Gasteiger partial charge in [0.1, 0.15) is 10.1 Å². The van der Waals surface area contributed by atoms with Gasteiger partial charge in [-0.15, -0.1) is 0 Å². The van der Waals surface area contributed by atoms with Crippen molar-refractivity contribution in [2.45, 2.75) is 18.2 Å². The summed E-state index contributed by atoms with van der Waals surface area (Å²) >= 11 is 23.0. The van der Waals surface area contributed by atoms with E-state index in [2.05, 4.69) is 0 Å². The van der Waals surface area contributed by atoms with Gasteiger partial charge < -0.3 is 4.55 Å². The Labute approximate surface area is 141 Å². The van der Waals surface area contributed by atoms with E-state index in [4.69, 9.17) is 46.4 Å². The molecule has 0 fully saturated rings. The summed E-state index contributed by atoms with van der Waals surface area (Å²) < 4.78 is 32.8. The fourth-order valence-electron chi connectivity index (χ4n) is 1.19. The van der Waals surface area contributed by atoms with Crippen molar-refractivity contribution in [3.63, 3.8) is 0 Å². The predicted molar refractivity (Wildman–Crippen MR) is 63.8 cm³/mol. The third kappa shape index (κ3) is 3.65. The van der Waals surface area contributed by atoms with Crippen LogP contribution in [0.1, 0.15) is 12.5 Å². The van der Waals surface area contributed by atoms with E-state index in [1.54, 1.807) is 6.92 Å². The molecule has 1 aromatic rings. The minimum absolute atomic E-state index is 0. The van der Waals surface area contributed by atoms with Crippen LogP contribution in [0.25, 0.3) is 0 Å². The molecule has 0 aliphatic heterocycles. The zero-order valence-corrected chi connectivity index (χ0v) is 14.7. The first-order chi connectivity index (χ1) is 7.21. The van der Waals surface area contributed by atoms with E-state index in [-0.39, 0.29) is 49.6 Å². The maximum absolute atomic E-state index is 10.9. The Bertz CT molecular complexity index is 515. The first-order valence-electron chi connectivity index (χ1n) is 4.02. The van der Waals surface area contributed by atoms with E-state index in [0.717, 1.165) is 0 Å². The van der Waals surface area contributed by atoms with E-state index >= 15 is 0 Å². The summed E-state index contributed by atoms with van der Waals surface area (Å²) in [6, 6.07) is 0. The topological polar surface area (TPSA) is 57.2 Å². The second-order valence-electron chi connectivity index (χ2n) is 2.87. The van der Waals surface area contributed by atoms with Crippen LogP contribution < -0.4 is 29.6 Å². The molecule has 0 spiro atoms. The minimum atomic E-state index is -4.82. The van der Waals surface area contributed by atoms with Crippen LogP contribution in [0.4, 0.5) is 0 Å². The molecule has 17 heavy (non-hydrogen) atoms. The van der Waals surface area contributed by atoms with Gasteiger partial charge >= 0.3 is 29.6 Å². The molecular weight excluding hydrogens is 341 g/mol. The van der Waals surface area contributed by atoms with Crippen molar-refractivity contribution in [3.05, 3.63) is 25.7 Å². The molecule has 0 N–H and O–H groups in total. The summed E-state index contributed by atoms with van der Waals surface area (Å²) in [5.74, 6) is 0. The molecule has 1 rings (SSSR count). The summed E-state index contributed by atoms with van der Waals surface area (Å²) in [4.78, 5) is -0.775. The average Bonchev–Trinajstić information content (AvgIpc) is 2.14. The van der Waals surface area contributed by atoms with Gasteiger partial charge in [0.05, 0.1) is 25.0 Å². The van der Waals surface area contributed by atoms with Gasteiger partial charge in [-0.1, -0.05) is 53.3 Å². The van der Waals surface area contributed by atoms with Gasteiger partial charge in [-0.05, 0) is 12.0 Å². The van der Waals surface area contributed by atoms with Crippen LogP contribution in [0.2, 0.25) is 20.1 Å². The van der Waals surface area contributed by atoms with Gasteiger partial charge in [0.25, 0.3) is 0 Å². The molecule has 9 heteroatoms. The van der Waals surface area contributed by atoms with E-state index in [9.17, 15) is 13.0 Å². The quantitative estimate of drug-likeness (QED) is 0.452. The smallest absolute Gasteiger partial charge is 0.744 e. The molecule has 0 unspecified atom stereocenters. The van der Waals surface area contributed by atoms with Crippen LogP contribution in [0.3, 0.4) is 0 Å². The molecule has 0 atom stereocenters. The Hall–Kier alpha value is 1.29. The Morgan fingerprint density at radius 2 is 1.35 bits per heavy atom. The standard InChI is InChI=1S/C8H6Cl4O3S.Na/c1-2-3-4(9)6(11)8(16(13,14)15)7(12)5(3)10;/h2H2,1H3,(H,13,14,15);/q;+1/p-1. The summed E-state index contributed by atoms with van der Waals surface area (Å²) in [5, 5.41) is -0.896. The summed E-state index contributed by atoms with van der Waals surface area (Å²) in [6.07, 6.45) is 0.413. The monoisotopic (exact) mass is 344 g/mol. The normalized spacial score (nSPS) is 11.2. The average molecular weight is 346 g/mol. The van der Waals surface area contributed by atoms with Gasteiger partial charge in [0.15, 0.2) is 0 Å². The van der Waals surface area contributed by atoms with Crippen LogP contribution in [0.5, 0.6) is 0 Å².